The molecule has 1 aliphatic heterocycles. The Bertz CT molecular complexity index is 700. The summed E-state index contributed by atoms with van der Waals surface area (Å²) in [6.45, 7) is 11.3. The predicted octanol–water partition coefficient (Wildman–Crippen LogP) is 4.58. The van der Waals surface area contributed by atoms with Crippen LogP contribution in [0.2, 0.25) is 0 Å². The van der Waals surface area contributed by atoms with Crippen molar-refractivity contribution in [2.45, 2.75) is 59.5 Å². The van der Waals surface area contributed by atoms with Gasteiger partial charge in [0, 0.05) is 35.7 Å². The van der Waals surface area contributed by atoms with E-state index in [0.717, 1.165) is 25.3 Å². The topological polar surface area (TPSA) is 26.2 Å². The van der Waals surface area contributed by atoms with E-state index in [1.807, 2.05) is 0 Å². The molecule has 2 heterocycles. The standard InChI is InChI=1S/C20H30N2O.ClH/c1-14(21-13-20(2,3)4)11-16-17-12-15(23-5)8-9-19(17)22-10-6-7-18(16)22;/h8-9,12,14,21H,6-7,10-11,13H2,1-5H3;1H. The average molecular weight is 351 g/mol. The number of aromatic nitrogens is 1. The first-order valence-corrected chi connectivity index (χ1v) is 8.80. The monoisotopic (exact) mass is 350 g/mol. The zero-order chi connectivity index (χ0) is 16.6. The van der Waals surface area contributed by atoms with Gasteiger partial charge in [0.15, 0.2) is 0 Å². The van der Waals surface area contributed by atoms with Gasteiger partial charge >= 0.3 is 0 Å². The third kappa shape index (κ3) is 3.89. The number of nitrogens with zero attached hydrogens (tertiary/aromatic N) is 1. The molecule has 3 nitrogen and oxygen atoms in total. The summed E-state index contributed by atoms with van der Waals surface area (Å²) in [7, 11) is 1.75. The Kier molecular flexibility index (Phi) is 5.87. The number of rotatable bonds is 5. The zero-order valence-corrected chi connectivity index (χ0v) is 16.4. The summed E-state index contributed by atoms with van der Waals surface area (Å²) in [5.41, 5.74) is 4.75. The molecule has 1 aromatic heterocycles. The van der Waals surface area contributed by atoms with Crippen molar-refractivity contribution in [3.8, 4) is 5.75 Å². The maximum Gasteiger partial charge on any atom is 0.119 e. The van der Waals surface area contributed by atoms with Crippen LogP contribution in [0.5, 0.6) is 5.75 Å². The molecule has 0 spiro atoms. The fourth-order valence-electron chi connectivity index (χ4n) is 3.62. The highest BCUT2D eigenvalue weighted by Gasteiger charge is 2.23. The van der Waals surface area contributed by atoms with Crippen LogP contribution in [0.15, 0.2) is 18.2 Å². The lowest BCUT2D eigenvalue weighted by Gasteiger charge is -2.23. The Balaban J connectivity index is 0.00000208. The molecular weight excluding hydrogens is 320 g/mol. The first kappa shape index (κ1) is 19.1. The maximum atomic E-state index is 5.45. The number of nitrogens with one attached hydrogen (secondary N) is 1. The number of halogens is 1. The Labute approximate surface area is 152 Å². The van der Waals surface area contributed by atoms with Gasteiger partial charge in [-0.3, -0.25) is 0 Å². The lowest BCUT2D eigenvalue weighted by atomic mass is 9.95. The van der Waals surface area contributed by atoms with Gasteiger partial charge in [-0.1, -0.05) is 20.8 Å². The number of ether oxygens (including phenoxy) is 1. The molecule has 0 radical (unpaired) electrons. The van der Waals surface area contributed by atoms with Crippen LogP contribution in [0.25, 0.3) is 10.9 Å². The van der Waals surface area contributed by atoms with Crippen LogP contribution in [0, 0.1) is 5.41 Å². The minimum absolute atomic E-state index is 0. The van der Waals surface area contributed by atoms with Crippen LogP contribution in [0.3, 0.4) is 0 Å². The van der Waals surface area contributed by atoms with E-state index in [-0.39, 0.29) is 12.4 Å². The second-order valence-electron chi connectivity index (χ2n) is 8.11. The minimum Gasteiger partial charge on any atom is -0.497 e. The van der Waals surface area contributed by atoms with Gasteiger partial charge in [0.1, 0.15) is 5.75 Å². The molecule has 3 rings (SSSR count). The molecule has 0 saturated heterocycles. The van der Waals surface area contributed by atoms with Crippen molar-refractivity contribution >= 4 is 23.3 Å². The Morgan fingerprint density at radius 3 is 2.71 bits per heavy atom. The largest absolute Gasteiger partial charge is 0.497 e. The molecule has 0 aliphatic carbocycles. The second-order valence-corrected chi connectivity index (χ2v) is 8.11. The Hall–Kier alpha value is -1.19. The van der Waals surface area contributed by atoms with Gasteiger partial charge in [-0.2, -0.15) is 0 Å². The number of hydrogen-bond acceptors (Lipinski definition) is 2. The van der Waals surface area contributed by atoms with E-state index in [0.29, 0.717) is 11.5 Å². The smallest absolute Gasteiger partial charge is 0.119 e. The molecule has 0 amide bonds. The molecule has 1 aliphatic rings. The molecule has 24 heavy (non-hydrogen) atoms. The van der Waals surface area contributed by atoms with Crippen LogP contribution in [-0.2, 0) is 19.4 Å². The highest BCUT2D eigenvalue weighted by Crippen LogP contribution is 2.34. The molecule has 1 aromatic carbocycles. The maximum absolute atomic E-state index is 5.45. The molecule has 1 atom stereocenters. The van der Waals surface area contributed by atoms with E-state index in [2.05, 4.69) is 55.8 Å². The minimum atomic E-state index is 0. The van der Waals surface area contributed by atoms with Crippen LogP contribution >= 0.6 is 12.4 Å². The van der Waals surface area contributed by atoms with E-state index in [1.54, 1.807) is 7.11 Å². The third-order valence-electron chi connectivity index (χ3n) is 4.78. The van der Waals surface area contributed by atoms with E-state index in [1.165, 1.54) is 35.0 Å². The molecule has 1 N–H and O–H groups in total. The lowest BCUT2D eigenvalue weighted by molar-refractivity contribution is 0.356. The molecular formula is C20H31ClN2O. The molecule has 0 bridgehead atoms. The average Bonchev–Trinajstić information content (AvgIpc) is 3.07. The molecule has 1 unspecified atom stereocenters. The van der Waals surface area contributed by atoms with Gasteiger partial charge in [-0.15, -0.1) is 12.4 Å². The van der Waals surface area contributed by atoms with Crippen molar-refractivity contribution in [1.82, 2.24) is 9.88 Å². The van der Waals surface area contributed by atoms with Gasteiger partial charge < -0.3 is 14.6 Å². The molecule has 4 heteroatoms. The van der Waals surface area contributed by atoms with Crippen LogP contribution < -0.4 is 10.1 Å². The van der Waals surface area contributed by atoms with Gasteiger partial charge in [0.25, 0.3) is 0 Å². The van der Waals surface area contributed by atoms with Crippen molar-refractivity contribution in [1.29, 1.82) is 0 Å². The third-order valence-corrected chi connectivity index (χ3v) is 4.78. The van der Waals surface area contributed by atoms with Crippen LogP contribution in [0.1, 0.15) is 45.4 Å². The van der Waals surface area contributed by atoms with Gasteiger partial charge in [0.05, 0.1) is 7.11 Å². The van der Waals surface area contributed by atoms with E-state index in [4.69, 9.17) is 4.74 Å². The predicted molar refractivity (Wildman–Crippen MR) is 105 cm³/mol. The van der Waals surface area contributed by atoms with Crippen molar-refractivity contribution in [2.24, 2.45) is 5.41 Å². The van der Waals surface area contributed by atoms with E-state index >= 15 is 0 Å². The summed E-state index contributed by atoms with van der Waals surface area (Å²) in [4.78, 5) is 0. The normalized spacial score (nSPS) is 15.2. The highest BCUT2D eigenvalue weighted by molar-refractivity contribution is 5.87. The highest BCUT2D eigenvalue weighted by atomic mass is 35.5. The molecule has 0 saturated carbocycles. The number of benzene rings is 1. The van der Waals surface area contributed by atoms with Crippen molar-refractivity contribution in [3.63, 3.8) is 0 Å². The fraction of sp³-hybridized carbons (Fsp3) is 0.600. The quantitative estimate of drug-likeness (QED) is 0.853. The zero-order valence-electron chi connectivity index (χ0n) is 15.6. The summed E-state index contributed by atoms with van der Waals surface area (Å²) >= 11 is 0. The first-order valence-electron chi connectivity index (χ1n) is 8.80. The molecule has 134 valence electrons. The summed E-state index contributed by atoms with van der Waals surface area (Å²) < 4.78 is 7.96. The summed E-state index contributed by atoms with van der Waals surface area (Å²) in [5.74, 6) is 0.957. The Morgan fingerprint density at radius 1 is 1.29 bits per heavy atom. The first-order chi connectivity index (χ1) is 10.9. The summed E-state index contributed by atoms with van der Waals surface area (Å²) in [6.07, 6.45) is 3.56. The second kappa shape index (κ2) is 7.37. The number of fused-ring (bicyclic) bond motifs is 3. The van der Waals surface area contributed by atoms with E-state index < -0.39 is 0 Å². The van der Waals surface area contributed by atoms with Crippen molar-refractivity contribution < 1.29 is 4.74 Å². The number of methoxy groups -OCH3 is 1. The van der Waals surface area contributed by atoms with Crippen molar-refractivity contribution in [2.75, 3.05) is 13.7 Å². The van der Waals surface area contributed by atoms with Crippen LogP contribution in [-0.4, -0.2) is 24.3 Å². The molecule has 2 aromatic rings. The van der Waals surface area contributed by atoms with Crippen molar-refractivity contribution in [3.05, 3.63) is 29.5 Å². The summed E-state index contributed by atoms with van der Waals surface area (Å²) in [6, 6.07) is 7.00. The van der Waals surface area contributed by atoms with Gasteiger partial charge in [-0.05, 0) is 55.4 Å². The number of aryl methyl sites for hydroxylation is 1. The van der Waals surface area contributed by atoms with Gasteiger partial charge in [0.2, 0.25) is 0 Å². The summed E-state index contributed by atoms with van der Waals surface area (Å²) in [5, 5.41) is 5.08. The van der Waals surface area contributed by atoms with Crippen LogP contribution in [0.4, 0.5) is 0 Å². The fourth-order valence-corrected chi connectivity index (χ4v) is 3.62. The molecule has 0 fully saturated rings. The lowest BCUT2D eigenvalue weighted by Crippen LogP contribution is -2.35. The van der Waals surface area contributed by atoms with E-state index in [9.17, 15) is 0 Å². The number of hydrogen-bond donors (Lipinski definition) is 1. The Morgan fingerprint density at radius 2 is 2.04 bits per heavy atom. The van der Waals surface area contributed by atoms with Gasteiger partial charge in [-0.25, -0.2) is 0 Å². The SMILES string of the molecule is COc1ccc2c(c1)c(CC(C)NCC(C)(C)C)c1n2CCC1.Cl.